The molecule has 1 N–H and O–H groups in total. The number of carbonyl (C=O) groups is 1. The minimum Gasteiger partial charge on any atom is -0.345 e. The molecule has 170 valence electrons. The third-order valence-corrected chi connectivity index (χ3v) is 6.66. The van der Waals surface area contributed by atoms with Crippen molar-refractivity contribution in [2.75, 3.05) is 0 Å². The fraction of sp³-hybridized carbons (Fsp3) is 0.308. The second kappa shape index (κ2) is 10.2. The van der Waals surface area contributed by atoms with Crippen LogP contribution in [0.15, 0.2) is 71.6 Å². The number of rotatable bonds is 8. The molecule has 6 nitrogen and oxygen atoms in total. The number of carbonyl (C=O) groups excluding carboxylic acids is 1. The SMILES string of the molecule is Cc1cc(C)n2c([C@H](CC(C)C)NC(=O)[C@H](Sc3ccccc3)c3ccccc3)nnc2n1. The standard InChI is InChI=1S/C26H29N5OS/c1-17(2)15-22(24-29-30-26-27-18(3)16-19(4)31(24)26)28-25(32)23(20-11-7-5-8-12-20)33-21-13-9-6-10-14-21/h5-14,16-17,22-23H,15H2,1-4H3,(H,28,32)/t22-,23+/m0/s1. The van der Waals surface area contributed by atoms with E-state index in [1.54, 1.807) is 11.8 Å². The van der Waals surface area contributed by atoms with Gasteiger partial charge < -0.3 is 5.32 Å². The summed E-state index contributed by atoms with van der Waals surface area (Å²) in [5, 5.41) is 11.6. The van der Waals surface area contributed by atoms with Crippen molar-refractivity contribution >= 4 is 23.4 Å². The van der Waals surface area contributed by atoms with E-state index in [-0.39, 0.29) is 17.2 Å². The van der Waals surface area contributed by atoms with Crippen LogP contribution in [0.1, 0.15) is 54.3 Å². The van der Waals surface area contributed by atoms with Crippen LogP contribution in [0.4, 0.5) is 0 Å². The predicted molar refractivity (Wildman–Crippen MR) is 132 cm³/mol. The number of thioether (sulfide) groups is 1. The van der Waals surface area contributed by atoms with Crippen LogP contribution in [-0.2, 0) is 4.79 Å². The number of benzene rings is 2. The molecule has 4 rings (SSSR count). The number of aryl methyl sites for hydroxylation is 2. The smallest absolute Gasteiger partial charge is 0.255 e. The van der Waals surface area contributed by atoms with Crippen LogP contribution >= 0.6 is 11.8 Å². The van der Waals surface area contributed by atoms with Crippen molar-refractivity contribution in [3.05, 3.63) is 89.5 Å². The molecule has 7 heteroatoms. The first-order valence-electron chi connectivity index (χ1n) is 11.2. The van der Waals surface area contributed by atoms with Crippen LogP contribution in [-0.4, -0.2) is 25.5 Å². The molecule has 0 radical (unpaired) electrons. The van der Waals surface area contributed by atoms with Crippen molar-refractivity contribution in [2.45, 2.75) is 50.3 Å². The summed E-state index contributed by atoms with van der Waals surface area (Å²) in [7, 11) is 0. The molecule has 4 aromatic rings. The van der Waals surface area contributed by atoms with Crippen LogP contribution in [0.2, 0.25) is 0 Å². The molecular formula is C26H29N5OS. The fourth-order valence-corrected chi connectivity index (χ4v) is 5.02. The van der Waals surface area contributed by atoms with Gasteiger partial charge in [-0.25, -0.2) is 4.98 Å². The molecule has 0 bridgehead atoms. The minimum atomic E-state index is -0.385. The Morgan fingerprint density at radius 2 is 1.67 bits per heavy atom. The molecule has 0 aliphatic heterocycles. The van der Waals surface area contributed by atoms with Crippen LogP contribution < -0.4 is 5.32 Å². The maximum Gasteiger partial charge on any atom is 0.255 e. The van der Waals surface area contributed by atoms with E-state index in [1.807, 2.05) is 85.0 Å². The Hall–Kier alpha value is -3.19. The quantitative estimate of drug-likeness (QED) is 0.353. The average Bonchev–Trinajstić information content (AvgIpc) is 3.22. The molecule has 2 heterocycles. The Bertz CT molecular complexity index is 1220. The van der Waals surface area contributed by atoms with Crippen molar-refractivity contribution in [3.63, 3.8) is 0 Å². The number of nitrogens with one attached hydrogen (secondary N) is 1. The van der Waals surface area contributed by atoms with E-state index >= 15 is 0 Å². The molecule has 2 atom stereocenters. The second-order valence-electron chi connectivity index (χ2n) is 8.64. The maximum atomic E-state index is 13.7. The highest BCUT2D eigenvalue weighted by Crippen LogP contribution is 2.36. The first-order chi connectivity index (χ1) is 15.9. The zero-order valence-corrected chi connectivity index (χ0v) is 20.2. The molecule has 0 fully saturated rings. The summed E-state index contributed by atoms with van der Waals surface area (Å²) < 4.78 is 1.95. The van der Waals surface area contributed by atoms with Gasteiger partial charge in [0.25, 0.3) is 5.78 Å². The summed E-state index contributed by atoms with van der Waals surface area (Å²) in [6.45, 7) is 8.25. The lowest BCUT2D eigenvalue weighted by Crippen LogP contribution is -2.34. The Morgan fingerprint density at radius 3 is 2.33 bits per heavy atom. The molecule has 2 aromatic carbocycles. The number of hydrogen-bond donors (Lipinski definition) is 1. The average molecular weight is 460 g/mol. The second-order valence-corrected chi connectivity index (χ2v) is 9.82. The number of aromatic nitrogens is 4. The zero-order chi connectivity index (χ0) is 23.4. The van der Waals surface area contributed by atoms with Gasteiger partial charge >= 0.3 is 0 Å². The lowest BCUT2D eigenvalue weighted by Gasteiger charge is -2.23. The van der Waals surface area contributed by atoms with Crippen LogP contribution in [0.25, 0.3) is 5.78 Å². The van der Waals surface area contributed by atoms with Gasteiger partial charge in [-0.15, -0.1) is 22.0 Å². The summed E-state index contributed by atoms with van der Waals surface area (Å²) in [6.07, 6.45) is 0.747. The molecule has 0 aliphatic rings. The lowest BCUT2D eigenvalue weighted by atomic mass is 10.0. The first-order valence-corrected chi connectivity index (χ1v) is 12.1. The number of fused-ring (bicyclic) bond motifs is 1. The largest absolute Gasteiger partial charge is 0.345 e. The van der Waals surface area contributed by atoms with Crippen molar-refractivity contribution in [1.29, 1.82) is 0 Å². The van der Waals surface area contributed by atoms with E-state index in [0.29, 0.717) is 17.5 Å². The molecule has 33 heavy (non-hydrogen) atoms. The Kier molecular flexibility index (Phi) is 7.08. The monoisotopic (exact) mass is 459 g/mol. The molecule has 0 spiro atoms. The normalized spacial score (nSPS) is 13.2. The molecule has 0 unspecified atom stereocenters. The van der Waals surface area contributed by atoms with Gasteiger partial charge in [-0.3, -0.25) is 9.20 Å². The first kappa shape index (κ1) is 23.0. The summed E-state index contributed by atoms with van der Waals surface area (Å²) in [6, 6.07) is 21.7. The Balaban J connectivity index is 1.68. The molecule has 1 amide bonds. The van der Waals surface area contributed by atoms with Crippen molar-refractivity contribution in [2.24, 2.45) is 5.92 Å². The van der Waals surface area contributed by atoms with Gasteiger partial charge in [0, 0.05) is 16.3 Å². The number of hydrogen-bond acceptors (Lipinski definition) is 5. The Morgan fingerprint density at radius 1 is 1.00 bits per heavy atom. The molecule has 0 saturated carbocycles. The van der Waals surface area contributed by atoms with Crippen LogP contribution in [0.3, 0.4) is 0 Å². The van der Waals surface area contributed by atoms with Crippen molar-refractivity contribution in [3.8, 4) is 0 Å². The highest BCUT2D eigenvalue weighted by Gasteiger charge is 2.28. The topological polar surface area (TPSA) is 72.2 Å². The van der Waals surface area contributed by atoms with E-state index < -0.39 is 0 Å². The summed E-state index contributed by atoms with van der Waals surface area (Å²) in [4.78, 5) is 19.3. The van der Waals surface area contributed by atoms with Gasteiger partial charge in [0.15, 0.2) is 5.82 Å². The van der Waals surface area contributed by atoms with Crippen LogP contribution in [0, 0.1) is 19.8 Å². The molecule has 2 aromatic heterocycles. The van der Waals surface area contributed by atoms with E-state index in [2.05, 4.69) is 34.3 Å². The minimum absolute atomic E-state index is 0.0461. The number of nitrogens with zero attached hydrogens (tertiary/aromatic N) is 4. The molecular weight excluding hydrogens is 430 g/mol. The van der Waals surface area contributed by atoms with Gasteiger partial charge in [0.2, 0.25) is 5.91 Å². The third kappa shape index (κ3) is 5.42. The lowest BCUT2D eigenvalue weighted by molar-refractivity contribution is -0.121. The summed E-state index contributed by atoms with van der Waals surface area (Å²) in [5.41, 5.74) is 2.86. The number of amides is 1. The maximum absolute atomic E-state index is 13.7. The van der Waals surface area contributed by atoms with Gasteiger partial charge in [-0.05, 0) is 49.9 Å². The molecule has 0 saturated heterocycles. The van der Waals surface area contributed by atoms with Crippen LogP contribution in [0.5, 0.6) is 0 Å². The third-order valence-electron chi connectivity index (χ3n) is 5.39. The summed E-state index contributed by atoms with van der Waals surface area (Å²) >= 11 is 1.55. The van der Waals surface area contributed by atoms with Crippen molar-refractivity contribution < 1.29 is 4.79 Å². The van der Waals surface area contributed by atoms with Gasteiger partial charge in [-0.1, -0.05) is 62.4 Å². The summed E-state index contributed by atoms with van der Waals surface area (Å²) in [5.74, 6) is 1.59. The van der Waals surface area contributed by atoms with E-state index in [0.717, 1.165) is 28.3 Å². The van der Waals surface area contributed by atoms with E-state index in [9.17, 15) is 4.79 Å². The van der Waals surface area contributed by atoms with Gasteiger partial charge in [0.05, 0.1) is 6.04 Å². The van der Waals surface area contributed by atoms with E-state index in [4.69, 9.17) is 0 Å². The van der Waals surface area contributed by atoms with Gasteiger partial charge in [-0.2, -0.15) is 0 Å². The highest BCUT2D eigenvalue weighted by molar-refractivity contribution is 8.00. The predicted octanol–water partition coefficient (Wildman–Crippen LogP) is 5.48. The van der Waals surface area contributed by atoms with Gasteiger partial charge in [0.1, 0.15) is 5.25 Å². The fourth-order valence-electron chi connectivity index (χ4n) is 3.96. The van der Waals surface area contributed by atoms with Crippen molar-refractivity contribution in [1.82, 2.24) is 24.9 Å². The highest BCUT2D eigenvalue weighted by atomic mass is 32.2. The molecule has 0 aliphatic carbocycles. The zero-order valence-electron chi connectivity index (χ0n) is 19.4. The van der Waals surface area contributed by atoms with E-state index in [1.165, 1.54) is 0 Å². The Labute approximate surface area is 198 Å².